The van der Waals surface area contributed by atoms with Crippen LogP contribution in [0.4, 0.5) is 0 Å². The number of unbranched alkanes of at least 4 members (excludes halogenated alkanes) is 34. The lowest BCUT2D eigenvalue weighted by Crippen LogP contribution is -2.30. The molecule has 0 saturated carbocycles. The van der Waals surface area contributed by atoms with Crippen LogP contribution in [-0.2, 0) is 65.4 Å². The fourth-order valence-electron chi connectivity index (χ4n) is 10.8. The standard InChI is InChI=1S/C83H146O17P2/c1-5-9-13-17-21-25-29-33-37-38-42-44-48-52-56-60-64-68-81(86)94-74-79(100-83(88)70-66-62-58-54-50-46-41-36-32-28-24-20-16-12-8-4)76-98-102(91,92)96-72-77(84)71-95-101(89,90)97-75-78(99-82(87)69-65-61-57-53-49-45-40-35-31-27-23-19-15-11-7-3)73-93-80(85)67-63-59-55-51-47-43-39-34-30-26-22-18-14-10-6-2/h21,24-25,28,33-37,39-42,44,52,56,77-79,84H,5-20,22-23,26-27,29-32,38,43,45-51,53-55,57-76H2,1-4H3,(H,89,90)(H,91,92)/b25-21-,28-24-,37-33-,39-34-,40-35-,41-36-,44-42-,56-52-/t77-,78+,79+/m0/s1. The van der Waals surface area contributed by atoms with Crippen molar-refractivity contribution in [2.75, 3.05) is 39.6 Å². The van der Waals surface area contributed by atoms with Crippen LogP contribution in [-0.4, -0.2) is 96.7 Å². The Bertz CT molecular complexity index is 2310. The summed E-state index contributed by atoms with van der Waals surface area (Å²) in [6.07, 6.45) is 79.6. The number of phosphoric ester groups is 2. The number of carbonyl (C=O) groups is 4. The highest BCUT2D eigenvalue weighted by Crippen LogP contribution is 2.45. The van der Waals surface area contributed by atoms with Gasteiger partial charge < -0.3 is 33.8 Å². The van der Waals surface area contributed by atoms with Crippen molar-refractivity contribution in [3.05, 3.63) is 97.2 Å². The van der Waals surface area contributed by atoms with Crippen molar-refractivity contribution < 1.29 is 80.2 Å². The first-order valence-corrected chi connectivity index (χ1v) is 43.5. The maximum Gasteiger partial charge on any atom is 0.472 e. The number of hydrogen-bond donors (Lipinski definition) is 3. The minimum Gasteiger partial charge on any atom is -0.462 e. The van der Waals surface area contributed by atoms with E-state index in [2.05, 4.69) is 113 Å². The van der Waals surface area contributed by atoms with Crippen molar-refractivity contribution in [3.63, 3.8) is 0 Å². The lowest BCUT2D eigenvalue weighted by Gasteiger charge is -2.21. The third-order valence-corrected chi connectivity index (χ3v) is 18.9. The van der Waals surface area contributed by atoms with E-state index in [1.54, 1.807) is 0 Å². The average molecular weight is 1480 g/mol. The molecule has 0 amide bonds. The molecule has 0 aromatic rings. The molecule has 19 heteroatoms. The summed E-state index contributed by atoms with van der Waals surface area (Å²) < 4.78 is 68.6. The summed E-state index contributed by atoms with van der Waals surface area (Å²) in [7, 11) is -9.97. The molecule has 2 unspecified atom stereocenters. The van der Waals surface area contributed by atoms with Crippen molar-refractivity contribution in [2.24, 2.45) is 0 Å². The van der Waals surface area contributed by atoms with Gasteiger partial charge in [-0.3, -0.25) is 37.3 Å². The van der Waals surface area contributed by atoms with Crippen LogP contribution in [0.15, 0.2) is 97.2 Å². The molecule has 0 bridgehead atoms. The number of aliphatic hydroxyl groups excluding tert-OH is 1. The van der Waals surface area contributed by atoms with E-state index in [0.29, 0.717) is 32.1 Å². The van der Waals surface area contributed by atoms with Gasteiger partial charge in [0.2, 0.25) is 0 Å². The molecule has 0 spiro atoms. The molecule has 102 heavy (non-hydrogen) atoms. The van der Waals surface area contributed by atoms with Gasteiger partial charge in [-0.1, -0.05) is 273 Å². The maximum absolute atomic E-state index is 13.1. The first-order chi connectivity index (χ1) is 49.7. The van der Waals surface area contributed by atoms with E-state index in [4.69, 9.17) is 37.0 Å². The highest BCUT2D eigenvalue weighted by molar-refractivity contribution is 7.47. The normalized spacial score (nSPS) is 14.4. The van der Waals surface area contributed by atoms with Gasteiger partial charge in [0.25, 0.3) is 0 Å². The molecule has 590 valence electrons. The summed E-state index contributed by atoms with van der Waals surface area (Å²) >= 11 is 0. The van der Waals surface area contributed by atoms with Crippen LogP contribution in [0, 0.1) is 0 Å². The molecular formula is C83H146O17P2. The molecule has 0 aromatic heterocycles. The highest BCUT2D eigenvalue weighted by atomic mass is 31.2. The Morgan fingerprint density at radius 1 is 0.275 bits per heavy atom. The number of aliphatic hydroxyl groups is 1. The Kier molecular flexibility index (Phi) is 72.3. The summed E-state index contributed by atoms with van der Waals surface area (Å²) in [6, 6.07) is 0. The van der Waals surface area contributed by atoms with E-state index in [1.165, 1.54) is 116 Å². The molecular weight excluding hydrogens is 1330 g/mol. The minimum absolute atomic E-state index is 0.0671. The lowest BCUT2D eigenvalue weighted by molar-refractivity contribution is -0.161. The van der Waals surface area contributed by atoms with Crippen molar-refractivity contribution in [1.82, 2.24) is 0 Å². The Hall–Kier alpha value is -4.02. The van der Waals surface area contributed by atoms with Gasteiger partial charge in [-0.15, -0.1) is 0 Å². The molecule has 0 heterocycles. The van der Waals surface area contributed by atoms with Crippen LogP contribution >= 0.6 is 15.6 Å². The maximum atomic E-state index is 13.1. The fourth-order valence-corrected chi connectivity index (χ4v) is 12.3. The Balaban J connectivity index is 5.42. The molecule has 0 fully saturated rings. The fraction of sp³-hybridized carbons (Fsp3) is 0.759. The van der Waals surface area contributed by atoms with E-state index >= 15 is 0 Å². The predicted molar refractivity (Wildman–Crippen MR) is 418 cm³/mol. The number of ether oxygens (including phenoxy) is 4. The van der Waals surface area contributed by atoms with E-state index in [0.717, 1.165) is 148 Å². The molecule has 0 aromatic carbocycles. The van der Waals surface area contributed by atoms with Gasteiger partial charge in [-0.25, -0.2) is 9.13 Å². The van der Waals surface area contributed by atoms with Gasteiger partial charge in [-0.05, 0) is 148 Å². The summed E-state index contributed by atoms with van der Waals surface area (Å²) in [5, 5.41) is 10.6. The van der Waals surface area contributed by atoms with Gasteiger partial charge in [0, 0.05) is 25.7 Å². The summed E-state index contributed by atoms with van der Waals surface area (Å²) in [5.74, 6) is -2.26. The number of allylic oxidation sites excluding steroid dienone is 16. The minimum atomic E-state index is -4.99. The van der Waals surface area contributed by atoms with E-state index in [9.17, 15) is 43.2 Å². The first kappa shape index (κ1) is 98.0. The zero-order valence-corrected chi connectivity index (χ0v) is 66.3. The monoisotopic (exact) mass is 1480 g/mol. The van der Waals surface area contributed by atoms with Gasteiger partial charge in [0.1, 0.15) is 19.3 Å². The second-order valence-corrected chi connectivity index (χ2v) is 29.9. The van der Waals surface area contributed by atoms with Crippen LogP contribution in [0.5, 0.6) is 0 Å². The molecule has 3 N–H and O–H groups in total. The topological polar surface area (TPSA) is 237 Å². The number of esters is 4. The smallest absolute Gasteiger partial charge is 0.462 e. The zero-order chi connectivity index (χ0) is 74.6. The molecule has 0 aliphatic rings. The second-order valence-electron chi connectivity index (χ2n) is 27.0. The zero-order valence-electron chi connectivity index (χ0n) is 64.5. The summed E-state index contributed by atoms with van der Waals surface area (Å²) in [5.41, 5.74) is 0. The quantitative estimate of drug-likeness (QED) is 0.0169. The molecule has 0 radical (unpaired) electrons. The summed E-state index contributed by atoms with van der Waals surface area (Å²) in [6.45, 7) is 4.75. The second kappa shape index (κ2) is 75.2. The van der Waals surface area contributed by atoms with Crippen molar-refractivity contribution >= 4 is 39.5 Å². The van der Waals surface area contributed by atoms with E-state index in [1.807, 2.05) is 12.2 Å². The van der Waals surface area contributed by atoms with Crippen molar-refractivity contribution in [3.8, 4) is 0 Å². The van der Waals surface area contributed by atoms with Crippen molar-refractivity contribution in [2.45, 2.75) is 367 Å². The Morgan fingerprint density at radius 3 is 0.804 bits per heavy atom. The van der Waals surface area contributed by atoms with Gasteiger partial charge in [-0.2, -0.15) is 0 Å². The van der Waals surface area contributed by atoms with Gasteiger partial charge in [0.15, 0.2) is 12.2 Å². The Morgan fingerprint density at radius 2 is 0.490 bits per heavy atom. The number of carbonyl (C=O) groups excluding carboxylic acids is 4. The van der Waals surface area contributed by atoms with Crippen LogP contribution < -0.4 is 0 Å². The number of hydrogen-bond acceptors (Lipinski definition) is 15. The molecule has 5 atom stereocenters. The van der Waals surface area contributed by atoms with Crippen molar-refractivity contribution in [1.29, 1.82) is 0 Å². The molecule has 17 nitrogen and oxygen atoms in total. The molecule has 0 rings (SSSR count). The summed E-state index contributed by atoms with van der Waals surface area (Å²) in [4.78, 5) is 73.0. The van der Waals surface area contributed by atoms with E-state index < -0.39 is 97.5 Å². The van der Waals surface area contributed by atoms with Gasteiger partial charge >= 0.3 is 39.5 Å². The van der Waals surface area contributed by atoms with Gasteiger partial charge in [0.05, 0.1) is 26.4 Å². The number of phosphoric acid groups is 2. The molecule has 0 saturated heterocycles. The molecule has 0 aliphatic heterocycles. The predicted octanol–water partition coefficient (Wildman–Crippen LogP) is 23.6. The van der Waals surface area contributed by atoms with Crippen LogP contribution in [0.3, 0.4) is 0 Å². The lowest BCUT2D eigenvalue weighted by atomic mass is 10.1. The molecule has 0 aliphatic carbocycles. The first-order valence-electron chi connectivity index (χ1n) is 40.5. The van der Waals surface area contributed by atoms with Crippen LogP contribution in [0.2, 0.25) is 0 Å². The SMILES string of the molecule is CCCCC/C=C\C/C=C\C/C=C\C/C=C\CCCC(=O)OC[C@H](COP(=O)(O)OC[C@@H](O)COP(=O)(O)OC[C@@H](COC(=O)CCCCCCC/C=C\CCCCCCCC)OC(=O)CCCCCCC/C=C\CCCCCCCC)OC(=O)CCCCCCC/C=C\C/C=C\CCCCC. The third kappa shape index (κ3) is 74.3. The Labute approximate surface area is 620 Å². The van der Waals surface area contributed by atoms with Crippen LogP contribution in [0.25, 0.3) is 0 Å². The van der Waals surface area contributed by atoms with E-state index in [-0.39, 0.29) is 25.7 Å². The average Bonchev–Trinajstić information content (AvgIpc) is 0.923. The largest absolute Gasteiger partial charge is 0.472 e. The van der Waals surface area contributed by atoms with Crippen LogP contribution in [0.1, 0.15) is 349 Å². The number of rotatable bonds is 76. The third-order valence-electron chi connectivity index (χ3n) is 17.0. The highest BCUT2D eigenvalue weighted by Gasteiger charge is 2.30.